The van der Waals surface area contributed by atoms with Gasteiger partial charge in [-0.1, -0.05) is 53.4 Å². The largest absolute Gasteiger partial charge is 0.327 e. The Morgan fingerprint density at radius 2 is 2.22 bits per heavy atom. The molecule has 2 rings (SSSR count). The molecular formula is C15H21BrClN. The predicted octanol–water partition coefficient (Wildman–Crippen LogP) is 4.80. The van der Waals surface area contributed by atoms with E-state index in [-0.39, 0.29) is 6.04 Å². The van der Waals surface area contributed by atoms with Crippen LogP contribution in [0.15, 0.2) is 22.7 Å². The summed E-state index contributed by atoms with van der Waals surface area (Å²) < 4.78 is 1.02. The second kappa shape index (κ2) is 6.40. The second-order valence-electron chi connectivity index (χ2n) is 5.64. The van der Waals surface area contributed by atoms with Crippen LogP contribution < -0.4 is 5.73 Å². The average Bonchev–Trinajstić information content (AvgIpc) is 2.32. The molecule has 0 amide bonds. The summed E-state index contributed by atoms with van der Waals surface area (Å²) in [5.41, 5.74) is 7.55. The Kier molecular flexibility index (Phi) is 5.11. The van der Waals surface area contributed by atoms with E-state index < -0.39 is 0 Å². The highest BCUT2D eigenvalue weighted by molar-refractivity contribution is 9.10. The minimum absolute atomic E-state index is 0.242. The van der Waals surface area contributed by atoms with Gasteiger partial charge in [0.1, 0.15) is 0 Å². The number of hydrogen-bond acceptors (Lipinski definition) is 1. The number of halogens is 2. The second-order valence-corrected chi connectivity index (χ2v) is 6.96. The van der Waals surface area contributed by atoms with Crippen LogP contribution in [-0.4, -0.2) is 6.04 Å². The Morgan fingerprint density at radius 3 is 2.89 bits per heavy atom. The number of rotatable bonds is 3. The Bertz CT molecular complexity index is 407. The lowest BCUT2D eigenvalue weighted by Gasteiger charge is -2.31. The molecule has 100 valence electrons. The zero-order valence-electron chi connectivity index (χ0n) is 10.8. The van der Waals surface area contributed by atoms with Crippen LogP contribution in [0.4, 0.5) is 0 Å². The van der Waals surface area contributed by atoms with Crippen LogP contribution in [-0.2, 0) is 6.42 Å². The molecule has 3 atom stereocenters. The molecule has 1 saturated carbocycles. The van der Waals surface area contributed by atoms with Gasteiger partial charge >= 0.3 is 0 Å². The molecule has 0 aromatic heterocycles. The average molecular weight is 331 g/mol. The predicted molar refractivity (Wildman–Crippen MR) is 82.0 cm³/mol. The maximum atomic E-state index is 6.38. The van der Waals surface area contributed by atoms with Crippen LogP contribution in [0.2, 0.25) is 5.02 Å². The SMILES string of the molecule is CC1CCCC(C(N)Cc2ccc(Br)cc2Cl)C1. The Morgan fingerprint density at radius 1 is 1.44 bits per heavy atom. The highest BCUT2D eigenvalue weighted by atomic mass is 79.9. The summed E-state index contributed by atoms with van der Waals surface area (Å²) in [5, 5.41) is 0.823. The van der Waals surface area contributed by atoms with Crippen molar-refractivity contribution in [2.45, 2.75) is 45.1 Å². The third-order valence-electron chi connectivity index (χ3n) is 4.05. The molecule has 0 bridgehead atoms. The maximum absolute atomic E-state index is 6.38. The van der Waals surface area contributed by atoms with E-state index in [1.165, 1.54) is 31.2 Å². The van der Waals surface area contributed by atoms with Crippen molar-refractivity contribution in [2.24, 2.45) is 17.6 Å². The molecule has 3 unspecified atom stereocenters. The molecule has 18 heavy (non-hydrogen) atoms. The van der Waals surface area contributed by atoms with Gasteiger partial charge in [0.15, 0.2) is 0 Å². The zero-order chi connectivity index (χ0) is 13.1. The molecule has 1 nitrogen and oxygen atoms in total. The van der Waals surface area contributed by atoms with Crippen LogP contribution in [0.5, 0.6) is 0 Å². The van der Waals surface area contributed by atoms with Gasteiger partial charge in [-0.3, -0.25) is 0 Å². The van der Waals surface area contributed by atoms with E-state index >= 15 is 0 Å². The van der Waals surface area contributed by atoms with Gasteiger partial charge in [0, 0.05) is 15.5 Å². The quantitative estimate of drug-likeness (QED) is 0.846. The van der Waals surface area contributed by atoms with Gasteiger partial charge in [0.25, 0.3) is 0 Å². The van der Waals surface area contributed by atoms with Gasteiger partial charge in [-0.2, -0.15) is 0 Å². The van der Waals surface area contributed by atoms with Crippen molar-refractivity contribution < 1.29 is 0 Å². The summed E-state index contributed by atoms with van der Waals surface area (Å²) in [6.45, 7) is 2.34. The molecule has 1 aliphatic carbocycles. The summed E-state index contributed by atoms with van der Waals surface area (Å²) in [6, 6.07) is 6.31. The first-order chi connectivity index (χ1) is 8.56. The van der Waals surface area contributed by atoms with E-state index in [1.807, 2.05) is 12.1 Å². The number of hydrogen-bond donors (Lipinski definition) is 1. The first kappa shape index (κ1) is 14.4. The Labute approximate surface area is 123 Å². The van der Waals surface area contributed by atoms with Gasteiger partial charge in [0.05, 0.1) is 0 Å². The van der Waals surface area contributed by atoms with Crippen molar-refractivity contribution in [1.29, 1.82) is 0 Å². The summed E-state index contributed by atoms with van der Waals surface area (Å²) in [6.07, 6.45) is 6.13. The summed E-state index contributed by atoms with van der Waals surface area (Å²) in [7, 11) is 0. The highest BCUT2D eigenvalue weighted by Crippen LogP contribution is 2.32. The molecule has 2 N–H and O–H groups in total. The highest BCUT2D eigenvalue weighted by Gasteiger charge is 2.24. The topological polar surface area (TPSA) is 26.0 Å². The maximum Gasteiger partial charge on any atom is 0.0449 e. The smallest absolute Gasteiger partial charge is 0.0449 e. The summed E-state index contributed by atoms with van der Waals surface area (Å²) in [5.74, 6) is 1.49. The lowest BCUT2D eigenvalue weighted by Crippen LogP contribution is -2.35. The molecule has 1 aliphatic rings. The lowest BCUT2D eigenvalue weighted by molar-refractivity contribution is 0.245. The van der Waals surface area contributed by atoms with Gasteiger partial charge in [-0.25, -0.2) is 0 Å². The fraction of sp³-hybridized carbons (Fsp3) is 0.600. The van der Waals surface area contributed by atoms with Gasteiger partial charge < -0.3 is 5.73 Å². The third-order valence-corrected chi connectivity index (χ3v) is 4.90. The van der Waals surface area contributed by atoms with Gasteiger partial charge in [-0.15, -0.1) is 0 Å². The van der Waals surface area contributed by atoms with Crippen molar-refractivity contribution in [2.75, 3.05) is 0 Å². The van der Waals surface area contributed by atoms with Crippen LogP contribution in [0, 0.1) is 11.8 Å². The van der Waals surface area contributed by atoms with E-state index in [0.29, 0.717) is 5.92 Å². The van der Waals surface area contributed by atoms with E-state index in [1.54, 1.807) is 0 Å². The molecule has 3 heteroatoms. The van der Waals surface area contributed by atoms with Crippen LogP contribution in [0.25, 0.3) is 0 Å². The van der Waals surface area contributed by atoms with E-state index in [9.17, 15) is 0 Å². The minimum Gasteiger partial charge on any atom is -0.327 e. The molecule has 1 aromatic rings. The number of nitrogens with two attached hydrogens (primary N) is 1. The normalized spacial score (nSPS) is 26.0. The molecule has 1 fully saturated rings. The molecule has 0 aliphatic heterocycles. The minimum atomic E-state index is 0.242. The molecule has 0 spiro atoms. The van der Waals surface area contributed by atoms with Crippen molar-refractivity contribution >= 4 is 27.5 Å². The first-order valence-corrected chi connectivity index (χ1v) is 7.93. The van der Waals surface area contributed by atoms with Crippen LogP contribution >= 0.6 is 27.5 Å². The fourth-order valence-electron chi connectivity index (χ4n) is 2.98. The van der Waals surface area contributed by atoms with Crippen LogP contribution in [0.3, 0.4) is 0 Å². The summed E-state index contributed by atoms with van der Waals surface area (Å²) >= 11 is 9.69. The Balaban J connectivity index is 1.99. The fourth-order valence-corrected chi connectivity index (χ4v) is 3.73. The standard InChI is InChI=1S/C15H21BrClN/c1-10-3-2-4-12(7-10)15(18)8-11-5-6-13(16)9-14(11)17/h5-6,9-10,12,15H,2-4,7-8,18H2,1H3. The summed E-state index contributed by atoms with van der Waals surface area (Å²) in [4.78, 5) is 0. The Hall–Kier alpha value is -0.0500. The molecule has 0 radical (unpaired) electrons. The van der Waals surface area contributed by atoms with Crippen molar-refractivity contribution in [3.8, 4) is 0 Å². The van der Waals surface area contributed by atoms with Gasteiger partial charge in [-0.05, 0) is 48.8 Å². The third kappa shape index (κ3) is 3.72. The van der Waals surface area contributed by atoms with Crippen molar-refractivity contribution in [3.05, 3.63) is 33.3 Å². The van der Waals surface area contributed by atoms with Crippen molar-refractivity contribution in [3.63, 3.8) is 0 Å². The van der Waals surface area contributed by atoms with Crippen molar-refractivity contribution in [1.82, 2.24) is 0 Å². The first-order valence-electron chi connectivity index (χ1n) is 6.75. The lowest BCUT2D eigenvalue weighted by atomic mass is 9.77. The monoisotopic (exact) mass is 329 g/mol. The van der Waals surface area contributed by atoms with Gasteiger partial charge in [0.2, 0.25) is 0 Å². The van der Waals surface area contributed by atoms with E-state index in [4.69, 9.17) is 17.3 Å². The molecule has 0 saturated heterocycles. The molecular weight excluding hydrogens is 310 g/mol. The van der Waals surface area contributed by atoms with E-state index in [2.05, 4.69) is 28.9 Å². The molecule has 1 aromatic carbocycles. The van der Waals surface area contributed by atoms with E-state index in [0.717, 1.165) is 21.8 Å². The van der Waals surface area contributed by atoms with Crippen LogP contribution in [0.1, 0.15) is 38.2 Å². The molecule has 0 heterocycles. The number of benzene rings is 1. The zero-order valence-corrected chi connectivity index (χ0v) is 13.2.